The van der Waals surface area contributed by atoms with Gasteiger partial charge in [-0.3, -0.25) is 9.69 Å². The molecule has 0 bridgehead atoms. The second-order valence-corrected chi connectivity index (χ2v) is 9.31. The minimum Gasteiger partial charge on any atom is -0.497 e. The molecule has 3 aliphatic rings. The van der Waals surface area contributed by atoms with E-state index in [1.165, 1.54) is 0 Å². The summed E-state index contributed by atoms with van der Waals surface area (Å²) in [5.74, 6) is 0.932. The zero-order chi connectivity index (χ0) is 24.4. The molecular formula is C27H33N3O5. The van der Waals surface area contributed by atoms with Crippen molar-refractivity contribution in [3.8, 4) is 11.5 Å². The van der Waals surface area contributed by atoms with E-state index in [9.17, 15) is 4.79 Å². The standard InChI is InChI=1S/C27H33N3O5/c1-19-6-4-5-7-21(19)24-17-23(22-9-8-20(32-2)16-25(22)33-3)28-30(24)26(31)18-29-12-10-27(11-13-29)34-14-15-35-27/h4-9,16,24H,10-15,17-18H2,1-3H3/t24-/m1/s1. The quantitative estimate of drug-likeness (QED) is 0.631. The van der Waals surface area contributed by atoms with Crippen molar-refractivity contribution in [2.75, 3.05) is 47.1 Å². The molecule has 0 radical (unpaired) electrons. The molecule has 3 heterocycles. The number of hydrogen-bond donors (Lipinski definition) is 0. The summed E-state index contributed by atoms with van der Waals surface area (Å²) in [6.45, 7) is 5.22. The number of piperidine rings is 1. The van der Waals surface area contributed by atoms with Crippen molar-refractivity contribution in [2.45, 2.75) is 38.0 Å². The van der Waals surface area contributed by atoms with E-state index in [2.05, 4.69) is 24.0 Å². The van der Waals surface area contributed by atoms with Gasteiger partial charge in [-0.1, -0.05) is 24.3 Å². The molecule has 3 aliphatic heterocycles. The summed E-state index contributed by atoms with van der Waals surface area (Å²) in [4.78, 5) is 15.8. The lowest BCUT2D eigenvalue weighted by atomic mass is 9.95. The Kier molecular flexibility index (Phi) is 6.77. The highest BCUT2D eigenvalue weighted by atomic mass is 16.7. The Labute approximate surface area is 206 Å². The minimum atomic E-state index is -0.451. The predicted octanol–water partition coefficient (Wildman–Crippen LogP) is 3.53. The number of amides is 1. The number of hydrogen-bond acceptors (Lipinski definition) is 7. The molecule has 2 saturated heterocycles. The molecule has 0 aliphatic carbocycles. The van der Waals surface area contributed by atoms with E-state index in [1.54, 1.807) is 19.2 Å². The first-order chi connectivity index (χ1) is 17.0. The summed E-state index contributed by atoms with van der Waals surface area (Å²) >= 11 is 0. The van der Waals surface area contributed by atoms with Crippen molar-refractivity contribution in [3.05, 3.63) is 59.2 Å². The van der Waals surface area contributed by atoms with Gasteiger partial charge in [-0.25, -0.2) is 5.01 Å². The molecule has 8 nitrogen and oxygen atoms in total. The molecule has 35 heavy (non-hydrogen) atoms. The van der Waals surface area contributed by atoms with Crippen LogP contribution in [0.15, 0.2) is 47.6 Å². The van der Waals surface area contributed by atoms with Gasteiger partial charge in [0.2, 0.25) is 0 Å². The Balaban J connectivity index is 1.39. The van der Waals surface area contributed by atoms with Gasteiger partial charge < -0.3 is 18.9 Å². The topological polar surface area (TPSA) is 72.8 Å². The molecule has 5 rings (SSSR count). The molecule has 0 aromatic heterocycles. The van der Waals surface area contributed by atoms with Crippen LogP contribution in [0.2, 0.25) is 0 Å². The maximum atomic E-state index is 13.6. The molecule has 8 heteroatoms. The highest BCUT2D eigenvalue weighted by Crippen LogP contribution is 2.38. The third-order valence-electron chi connectivity index (χ3n) is 7.22. The molecule has 2 aromatic carbocycles. The van der Waals surface area contributed by atoms with Crippen LogP contribution in [0, 0.1) is 6.92 Å². The number of carbonyl (C=O) groups excluding carboxylic acids is 1. The van der Waals surface area contributed by atoms with Crippen molar-refractivity contribution in [2.24, 2.45) is 5.10 Å². The van der Waals surface area contributed by atoms with Gasteiger partial charge in [0.25, 0.3) is 5.91 Å². The molecule has 2 fully saturated rings. The zero-order valence-corrected chi connectivity index (χ0v) is 20.7. The highest BCUT2D eigenvalue weighted by molar-refractivity contribution is 6.05. The lowest BCUT2D eigenvalue weighted by Crippen LogP contribution is -2.48. The van der Waals surface area contributed by atoms with Crippen LogP contribution in [0.5, 0.6) is 11.5 Å². The van der Waals surface area contributed by atoms with Gasteiger partial charge in [-0.15, -0.1) is 0 Å². The number of rotatable bonds is 6. The fraction of sp³-hybridized carbons (Fsp3) is 0.481. The van der Waals surface area contributed by atoms with Gasteiger partial charge in [-0.2, -0.15) is 5.10 Å². The Bertz CT molecular complexity index is 1100. The SMILES string of the molecule is COc1ccc(C2=NN(C(=O)CN3CCC4(CC3)OCCO4)[C@@H](c3ccccc3C)C2)c(OC)c1. The first-order valence-corrected chi connectivity index (χ1v) is 12.2. The van der Waals surface area contributed by atoms with Crippen LogP contribution in [-0.4, -0.2) is 74.4 Å². The van der Waals surface area contributed by atoms with E-state index in [0.717, 1.165) is 48.3 Å². The van der Waals surface area contributed by atoms with Gasteiger partial charge in [0.1, 0.15) is 11.5 Å². The van der Waals surface area contributed by atoms with E-state index in [4.69, 9.17) is 24.0 Å². The number of benzene rings is 2. The maximum absolute atomic E-state index is 13.6. The van der Waals surface area contributed by atoms with Crippen molar-refractivity contribution >= 4 is 11.6 Å². The van der Waals surface area contributed by atoms with Crippen molar-refractivity contribution in [3.63, 3.8) is 0 Å². The molecule has 0 unspecified atom stereocenters. The summed E-state index contributed by atoms with van der Waals surface area (Å²) in [5, 5.41) is 6.54. The van der Waals surface area contributed by atoms with Gasteiger partial charge in [-0.05, 0) is 30.2 Å². The van der Waals surface area contributed by atoms with Crippen molar-refractivity contribution in [1.29, 1.82) is 0 Å². The van der Waals surface area contributed by atoms with Gasteiger partial charge in [0.05, 0.1) is 45.7 Å². The summed E-state index contributed by atoms with van der Waals surface area (Å²) in [6.07, 6.45) is 2.17. The van der Waals surface area contributed by atoms with Crippen LogP contribution in [0.4, 0.5) is 0 Å². The smallest absolute Gasteiger partial charge is 0.257 e. The molecule has 186 valence electrons. The van der Waals surface area contributed by atoms with E-state index in [0.29, 0.717) is 37.7 Å². The summed E-state index contributed by atoms with van der Waals surface area (Å²) < 4.78 is 22.7. The molecule has 1 amide bonds. The van der Waals surface area contributed by atoms with Gasteiger partial charge in [0, 0.05) is 44.0 Å². The van der Waals surface area contributed by atoms with E-state index in [1.807, 2.05) is 30.3 Å². The fourth-order valence-corrected chi connectivity index (χ4v) is 5.24. The van der Waals surface area contributed by atoms with Crippen LogP contribution < -0.4 is 9.47 Å². The average Bonchev–Trinajstić information content (AvgIpc) is 3.53. The number of aryl methyl sites for hydroxylation is 1. The molecule has 0 N–H and O–H groups in total. The average molecular weight is 480 g/mol. The third-order valence-corrected chi connectivity index (χ3v) is 7.22. The largest absolute Gasteiger partial charge is 0.497 e. The summed E-state index contributed by atoms with van der Waals surface area (Å²) in [7, 11) is 3.26. The van der Waals surface area contributed by atoms with Crippen molar-refractivity contribution in [1.82, 2.24) is 9.91 Å². The Morgan fingerprint density at radius 2 is 1.83 bits per heavy atom. The summed E-state index contributed by atoms with van der Waals surface area (Å²) in [6, 6.07) is 13.7. The monoisotopic (exact) mass is 479 g/mol. The number of hydrazone groups is 1. The van der Waals surface area contributed by atoms with E-state index >= 15 is 0 Å². The lowest BCUT2D eigenvalue weighted by Gasteiger charge is -2.37. The number of likely N-dealkylation sites (tertiary alicyclic amines) is 1. The van der Waals surface area contributed by atoms with Crippen LogP contribution >= 0.6 is 0 Å². The highest BCUT2D eigenvalue weighted by Gasteiger charge is 2.41. The zero-order valence-electron chi connectivity index (χ0n) is 20.7. The maximum Gasteiger partial charge on any atom is 0.257 e. The second-order valence-electron chi connectivity index (χ2n) is 9.31. The minimum absolute atomic E-state index is 0.00931. The predicted molar refractivity (Wildman–Crippen MR) is 132 cm³/mol. The molecule has 1 atom stereocenters. The van der Waals surface area contributed by atoms with Crippen LogP contribution in [0.3, 0.4) is 0 Å². The number of methoxy groups -OCH3 is 2. The summed E-state index contributed by atoms with van der Waals surface area (Å²) in [5.41, 5.74) is 3.95. The van der Waals surface area contributed by atoms with Gasteiger partial charge in [0.15, 0.2) is 5.79 Å². The first kappa shape index (κ1) is 23.8. The van der Waals surface area contributed by atoms with Crippen LogP contribution in [0.25, 0.3) is 0 Å². The third kappa shape index (κ3) is 4.78. The van der Waals surface area contributed by atoms with Crippen LogP contribution in [0.1, 0.15) is 42.0 Å². The molecule has 2 aromatic rings. The Hall–Kier alpha value is -2.94. The van der Waals surface area contributed by atoms with E-state index in [-0.39, 0.29) is 11.9 Å². The molecule has 1 spiro atoms. The number of carbonyl (C=O) groups is 1. The van der Waals surface area contributed by atoms with Gasteiger partial charge >= 0.3 is 0 Å². The molecular weight excluding hydrogens is 446 g/mol. The first-order valence-electron chi connectivity index (χ1n) is 12.2. The van der Waals surface area contributed by atoms with E-state index < -0.39 is 5.79 Å². The normalized spacial score (nSPS) is 21.9. The fourth-order valence-electron chi connectivity index (χ4n) is 5.24. The number of nitrogens with zero attached hydrogens (tertiary/aromatic N) is 3. The van der Waals surface area contributed by atoms with Crippen molar-refractivity contribution < 1.29 is 23.7 Å². The number of ether oxygens (including phenoxy) is 4. The molecule has 0 saturated carbocycles. The Morgan fingerprint density at radius 1 is 1.09 bits per heavy atom. The lowest BCUT2D eigenvalue weighted by molar-refractivity contribution is -0.186. The Morgan fingerprint density at radius 3 is 2.51 bits per heavy atom. The van der Waals surface area contributed by atoms with Crippen LogP contribution in [-0.2, 0) is 14.3 Å². The second kappa shape index (κ2) is 9.97.